The van der Waals surface area contributed by atoms with E-state index in [9.17, 15) is 19.5 Å². The number of carbonyl (C=O) groups excluding carboxylic acids is 2. The first kappa shape index (κ1) is 23.5. The van der Waals surface area contributed by atoms with E-state index >= 15 is 0 Å². The number of hydrogen-bond donors (Lipinski definition) is 4. The molecule has 4 N–H and O–H groups in total. The second-order valence-electron chi connectivity index (χ2n) is 8.23. The van der Waals surface area contributed by atoms with Crippen molar-refractivity contribution < 1.29 is 33.7 Å². The van der Waals surface area contributed by atoms with E-state index in [1.807, 2.05) is 0 Å². The van der Waals surface area contributed by atoms with Crippen LogP contribution in [-0.2, 0) is 14.3 Å². The van der Waals surface area contributed by atoms with Gasteiger partial charge < -0.3 is 40.2 Å². The molecule has 1 aromatic rings. The lowest BCUT2D eigenvalue weighted by molar-refractivity contribution is -0.138. The van der Waals surface area contributed by atoms with E-state index in [-0.39, 0.29) is 31.6 Å². The van der Waals surface area contributed by atoms with E-state index in [1.165, 1.54) is 0 Å². The molecule has 1 fully saturated rings. The van der Waals surface area contributed by atoms with E-state index < -0.39 is 18.1 Å². The van der Waals surface area contributed by atoms with Crippen molar-refractivity contribution in [2.45, 2.75) is 25.3 Å². The van der Waals surface area contributed by atoms with Gasteiger partial charge in [-0.25, -0.2) is 4.79 Å². The summed E-state index contributed by atoms with van der Waals surface area (Å²) in [4.78, 5) is 42.4. The fourth-order valence-electron chi connectivity index (χ4n) is 4.09. The van der Waals surface area contributed by atoms with Crippen molar-refractivity contribution >= 4 is 23.9 Å². The molecule has 0 bridgehead atoms. The monoisotopic (exact) mass is 475 g/mol. The molecular weight excluding hydrogens is 446 g/mol. The molecule has 1 aromatic carbocycles. The van der Waals surface area contributed by atoms with Crippen LogP contribution in [0.1, 0.15) is 30.9 Å². The highest BCUT2D eigenvalue weighted by Gasteiger charge is 2.30. The molecule has 1 unspecified atom stereocenters. The third-order valence-electron chi connectivity index (χ3n) is 5.91. The van der Waals surface area contributed by atoms with E-state index in [2.05, 4.69) is 20.9 Å². The summed E-state index contributed by atoms with van der Waals surface area (Å²) >= 11 is 0. The third kappa shape index (κ3) is 6.00. The average molecular weight is 476 g/mol. The zero-order chi connectivity index (χ0) is 23.9. The minimum absolute atomic E-state index is 0.110. The van der Waals surface area contributed by atoms with Crippen LogP contribution in [0.25, 0.3) is 0 Å². The van der Waals surface area contributed by atoms with Crippen molar-refractivity contribution in [3.05, 3.63) is 23.8 Å². The smallest absolute Gasteiger partial charge is 0.409 e. The highest BCUT2D eigenvalue weighted by molar-refractivity contribution is 5.81. The summed E-state index contributed by atoms with van der Waals surface area (Å²) in [5, 5.41) is 18.3. The molecule has 184 valence electrons. The van der Waals surface area contributed by atoms with Gasteiger partial charge in [0, 0.05) is 25.6 Å². The van der Waals surface area contributed by atoms with Gasteiger partial charge in [0.1, 0.15) is 6.61 Å². The summed E-state index contributed by atoms with van der Waals surface area (Å²) in [5.41, 5.74) is 0.633. The summed E-state index contributed by atoms with van der Waals surface area (Å²) in [5.74, 6) is 0.254. The van der Waals surface area contributed by atoms with Crippen LogP contribution in [0.3, 0.4) is 0 Å². The fraction of sp³-hybridized carbons (Fsp3) is 0.545. The number of carboxylic acid groups (broad SMARTS) is 1. The molecule has 0 aromatic heterocycles. The van der Waals surface area contributed by atoms with Gasteiger partial charge in [0.25, 0.3) is 0 Å². The Labute approximate surface area is 196 Å². The molecule has 3 aliphatic rings. The summed E-state index contributed by atoms with van der Waals surface area (Å²) < 4.78 is 16.0. The number of nitrogens with zero attached hydrogens (tertiary/aromatic N) is 2. The molecule has 3 aliphatic heterocycles. The van der Waals surface area contributed by atoms with Gasteiger partial charge in [-0.2, -0.15) is 0 Å². The first-order chi connectivity index (χ1) is 16.5. The van der Waals surface area contributed by atoms with Crippen molar-refractivity contribution in [3.8, 4) is 11.5 Å². The number of piperidine rings is 1. The molecule has 1 atom stereocenters. The van der Waals surface area contributed by atoms with Crippen molar-refractivity contribution in [1.29, 1.82) is 0 Å². The number of aliphatic carboxylic acids is 1. The Morgan fingerprint density at radius 1 is 1.24 bits per heavy atom. The number of hydrogen-bond acceptors (Lipinski definition) is 9. The second kappa shape index (κ2) is 10.9. The van der Waals surface area contributed by atoms with Gasteiger partial charge in [-0.05, 0) is 30.5 Å². The highest BCUT2D eigenvalue weighted by atomic mass is 16.7. The first-order valence-corrected chi connectivity index (χ1v) is 11.3. The van der Waals surface area contributed by atoms with Gasteiger partial charge in [-0.3, -0.25) is 14.6 Å². The number of aliphatic imine (C=N–C) groups is 1. The molecule has 0 saturated carbocycles. The largest absolute Gasteiger partial charge is 0.481 e. The molecule has 4 rings (SSSR count). The van der Waals surface area contributed by atoms with Crippen LogP contribution in [0.4, 0.5) is 4.79 Å². The van der Waals surface area contributed by atoms with E-state index in [0.29, 0.717) is 55.5 Å². The maximum absolute atomic E-state index is 12.9. The molecule has 1 saturated heterocycles. The molecule has 12 nitrogen and oxygen atoms in total. The van der Waals surface area contributed by atoms with Crippen LogP contribution in [0.2, 0.25) is 0 Å². The number of nitrogens with one attached hydrogen (secondary N) is 3. The van der Waals surface area contributed by atoms with Crippen LogP contribution in [0.15, 0.2) is 23.2 Å². The van der Waals surface area contributed by atoms with Gasteiger partial charge in [-0.1, -0.05) is 6.07 Å². The maximum Gasteiger partial charge on any atom is 0.409 e. The quantitative estimate of drug-likeness (QED) is 0.393. The predicted molar refractivity (Wildman–Crippen MR) is 120 cm³/mol. The average Bonchev–Trinajstić information content (AvgIpc) is 3.52. The van der Waals surface area contributed by atoms with Crippen LogP contribution in [-0.4, -0.2) is 80.1 Å². The first-order valence-electron chi connectivity index (χ1n) is 11.3. The minimum Gasteiger partial charge on any atom is -0.481 e. The molecule has 2 amide bonds. The normalized spacial score (nSPS) is 18.0. The van der Waals surface area contributed by atoms with Gasteiger partial charge in [0.15, 0.2) is 17.5 Å². The van der Waals surface area contributed by atoms with Crippen LogP contribution < -0.4 is 25.4 Å². The van der Waals surface area contributed by atoms with Gasteiger partial charge >= 0.3 is 12.1 Å². The van der Waals surface area contributed by atoms with Crippen molar-refractivity contribution in [2.75, 3.05) is 46.1 Å². The van der Waals surface area contributed by atoms with E-state index in [4.69, 9.17) is 14.2 Å². The second-order valence-corrected chi connectivity index (χ2v) is 8.23. The number of benzene rings is 1. The number of likely N-dealkylation sites (tertiary alicyclic amines) is 1. The standard InChI is InChI=1S/C22H29N5O7/c28-19(29)12-16(15-1-2-17-18(11-15)34-13-33-17)26-20(30)14-3-8-27(9-4-14)22(31)32-10-7-25-21-23-5-6-24-21/h1-2,11,14,16H,3-10,12-13H2,(H,26,30)(H,28,29)(H2,23,24,25). The Kier molecular flexibility index (Phi) is 7.55. The number of amides is 2. The number of guanidine groups is 1. The SMILES string of the molecule is O=C(O)CC(NC(=O)C1CCN(C(=O)OCCNC2=NCCN2)CC1)c1ccc2c(c1)OCO2. The van der Waals surface area contributed by atoms with Gasteiger partial charge in [0.05, 0.1) is 25.6 Å². The molecule has 3 heterocycles. The van der Waals surface area contributed by atoms with Gasteiger partial charge in [0.2, 0.25) is 12.7 Å². The Morgan fingerprint density at radius 3 is 2.76 bits per heavy atom. The number of rotatable bonds is 8. The van der Waals surface area contributed by atoms with Crippen LogP contribution in [0.5, 0.6) is 11.5 Å². The fourth-order valence-corrected chi connectivity index (χ4v) is 4.09. The summed E-state index contributed by atoms with van der Waals surface area (Å²) in [6, 6.07) is 4.42. The zero-order valence-electron chi connectivity index (χ0n) is 18.7. The molecular formula is C22H29N5O7. The lowest BCUT2D eigenvalue weighted by atomic mass is 9.94. The number of carbonyl (C=O) groups is 3. The van der Waals surface area contributed by atoms with Crippen molar-refractivity contribution in [1.82, 2.24) is 20.9 Å². The Morgan fingerprint density at radius 2 is 2.03 bits per heavy atom. The zero-order valence-corrected chi connectivity index (χ0v) is 18.7. The van der Waals surface area contributed by atoms with E-state index in [0.717, 1.165) is 13.1 Å². The lowest BCUT2D eigenvalue weighted by Crippen LogP contribution is -2.44. The Balaban J connectivity index is 1.23. The van der Waals surface area contributed by atoms with Crippen molar-refractivity contribution in [2.24, 2.45) is 10.9 Å². The maximum atomic E-state index is 12.9. The Bertz CT molecular complexity index is 946. The minimum atomic E-state index is -1.02. The lowest BCUT2D eigenvalue weighted by Gasteiger charge is -2.31. The Hall–Kier alpha value is -3.70. The summed E-state index contributed by atoms with van der Waals surface area (Å²) in [7, 11) is 0. The number of ether oxygens (including phenoxy) is 3. The van der Waals surface area contributed by atoms with E-state index in [1.54, 1.807) is 23.1 Å². The summed E-state index contributed by atoms with van der Waals surface area (Å²) in [6.07, 6.45) is 0.278. The van der Waals surface area contributed by atoms with Gasteiger partial charge in [-0.15, -0.1) is 0 Å². The number of fused-ring (bicyclic) bond motifs is 1. The highest BCUT2D eigenvalue weighted by Crippen LogP contribution is 2.35. The topological polar surface area (TPSA) is 151 Å². The van der Waals surface area contributed by atoms with Crippen molar-refractivity contribution in [3.63, 3.8) is 0 Å². The molecule has 0 radical (unpaired) electrons. The summed E-state index contributed by atoms with van der Waals surface area (Å²) in [6.45, 7) is 3.11. The van der Waals surface area contributed by atoms with Crippen LogP contribution in [0, 0.1) is 5.92 Å². The number of carboxylic acids is 1. The molecule has 34 heavy (non-hydrogen) atoms. The molecule has 0 aliphatic carbocycles. The molecule has 12 heteroatoms. The predicted octanol–water partition coefficient (Wildman–Crippen LogP) is 0.445. The third-order valence-corrected chi connectivity index (χ3v) is 5.91. The molecule has 0 spiro atoms. The van der Waals surface area contributed by atoms with Crippen LogP contribution >= 0.6 is 0 Å².